The van der Waals surface area contributed by atoms with Gasteiger partial charge in [0.05, 0.1) is 23.6 Å². The Bertz CT molecular complexity index is 861. The first-order valence-corrected chi connectivity index (χ1v) is 7.27. The van der Waals surface area contributed by atoms with Gasteiger partial charge in [-0.15, -0.1) is 0 Å². The third-order valence-electron chi connectivity index (χ3n) is 3.47. The fourth-order valence-electron chi connectivity index (χ4n) is 2.39. The van der Waals surface area contributed by atoms with Crippen LogP contribution in [-0.4, -0.2) is 19.6 Å². The Morgan fingerprint density at radius 1 is 1.09 bits per heavy atom. The van der Waals surface area contributed by atoms with Crippen LogP contribution in [0, 0.1) is 6.92 Å². The molecule has 0 unspecified atom stereocenters. The zero-order valence-corrected chi connectivity index (χ0v) is 12.9. The molecule has 0 radical (unpaired) electrons. The predicted molar refractivity (Wildman–Crippen MR) is 86.2 cm³/mol. The SMILES string of the molecule is Cc1cccc(-n2nccc2-c2ccc(=O)n(C(C)C)n2)c1. The maximum atomic E-state index is 11.9. The van der Waals surface area contributed by atoms with E-state index in [4.69, 9.17) is 0 Å². The average Bonchev–Trinajstić information content (AvgIpc) is 2.97. The molecule has 0 aliphatic heterocycles. The zero-order valence-electron chi connectivity index (χ0n) is 12.9. The Kier molecular flexibility index (Phi) is 3.63. The summed E-state index contributed by atoms with van der Waals surface area (Å²) in [6.07, 6.45) is 1.74. The molecule has 112 valence electrons. The van der Waals surface area contributed by atoms with Gasteiger partial charge in [0, 0.05) is 6.07 Å². The maximum Gasteiger partial charge on any atom is 0.267 e. The maximum absolute atomic E-state index is 11.9. The lowest BCUT2D eigenvalue weighted by atomic mass is 10.2. The van der Waals surface area contributed by atoms with E-state index in [0.29, 0.717) is 0 Å². The van der Waals surface area contributed by atoms with Gasteiger partial charge in [0.1, 0.15) is 5.69 Å². The average molecular weight is 294 g/mol. The molecule has 2 heterocycles. The van der Waals surface area contributed by atoms with Gasteiger partial charge in [0.15, 0.2) is 0 Å². The highest BCUT2D eigenvalue weighted by molar-refractivity contribution is 5.57. The van der Waals surface area contributed by atoms with Crippen LogP contribution in [0.4, 0.5) is 0 Å². The summed E-state index contributed by atoms with van der Waals surface area (Å²) in [5.41, 5.74) is 3.64. The van der Waals surface area contributed by atoms with Crippen molar-refractivity contribution < 1.29 is 0 Å². The van der Waals surface area contributed by atoms with Gasteiger partial charge in [0.2, 0.25) is 0 Å². The van der Waals surface area contributed by atoms with Crippen LogP contribution in [0.1, 0.15) is 25.5 Å². The highest BCUT2D eigenvalue weighted by atomic mass is 16.1. The summed E-state index contributed by atoms with van der Waals surface area (Å²) in [6, 6.07) is 13.3. The highest BCUT2D eigenvalue weighted by Gasteiger charge is 2.11. The zero-order chi connectivity index (χ0) is 15.7. The second-order valence-corrected chi connectivity index (χ2v) is 5.56. The van der Waals surface area contributed by atoms with Crippen LogP contribution < -0.4 is 5.56 Å². The third kappa shape index (κ3) is 2.57. The minimum absolute atomic E-state index is 0.0165. The Morgan fingerprint density at radius 2 is 1.91 bits per heavy atom. The van der Waals surface area contributed by atoms with Crippen LogP contribution in [0.25, 0.3) is 17.1 Å². The van der Waals surface area contributed by atoms with Gasteiger partial charge in [-0.25, -0.2) is 9.36 Å². The number of hydrogen-bond acceptors (Lipinski definition) is 3. The second-order valence-electron chi connectivity index (χ2n) is 5.56. The molecule has 0 aliphatic carbocycles. The molecule has 22 heavy (non-hydrogen) atoms. The van der Waals surface area contributed by atoms with E-state index in [0.717, 1.165) is 17.1 Å². The molecule has 0 bridgehead atoms. The molecule has 0 aliphatic rings. The lowest BCUT2D eigenvalue weighted by Gasteiger charge is -2.11. The van der Waals surface area contributed by atoms with Gasteiger partial charge in [0.25, 0.3) is 5.56 Å². The van der Waals surface area contributed by atoms with Crippen LogP contribution in [-0.2, 0) is 0 Å². The molecular weight excluding hydrogens is 276 g/mol. The number of rotatable bonds is 3. The fraction of sp³-hybridized carbons (Fsp3) is 0.235. The van der Waals surface area contributed by atoms with Crippen molar-refractivity contribution in [1.29, 1.82) is 0 Å². The smallest absolute Gasteiger partial charge is 0.267 e. The lowest BCUT2D eigenvalue weighted by Crippen LogP contribution is -2.24. The van der Waals surface area contributed by atoms with E-state index in [1.54, 1.807) is 18.3 Å². The summed E-state index contributed by atoms with van der Waals surface area (Å²) in [7, 11) is 0. The first-order chi connectivity index (χ1) is 10.6. The molecule has 1 aromatic carbocycles. The standard InChI is InChI=1S/C17H18N4O/c1-12(2)20-17(22)8-7-15(19-20)16-9-10-18-21(16)14-6-4-5-13(3)11-14/h4-12H,1-3H3. The minimum atomic E-state index is -0.0969. The Balaban J connectivity index is 2.13. The Labute approximate surface area is 128 Å². The number of aryl methyl sites for hydroxylation is 1. The summed E-state index contributed by atoms with van der Waals surface area (Å²) in [5.74, 6) is 0. The van der Waals surface area contributed by atoms with Crippen molar-refractivity contribution in [2.24, 2.45) is 0 Å². The molecule has 2 aromatic heterocycles. The fourth-order valence-corrected chi connectivity index (χ4v) is 2.39. The number of benzene rings is 1. The molecule has 0 saturated heterocycles. The topological polar surface area (TPSA) is 52.7 Å². The monoisotopic (exact) mass is 294 g/mol. The van der Waals surface area contributed by atoms with Gasteiger partial charge < -0.3 is 0 Å². The Hall–Kier alpha value is -2.69. The van der Waals surface area contributed by atoms with E-state index >= 15 is 0 Å². The van der Waals surface area contributed by atoms with Crippen molar-refractivity contribution in [2.75, 3.05) is 0 Å². The van der Waals surface area contributed by atoms with E-state index in [-0.39, 0.29) is 11.6 Å². The molecule has 3 rings (SSSR count). The normalized spacial score (nSPS) is 11.1. The van der Waals surface area contributed by atoms with E-state index in [1.165, 1.54) is 10.2 Å². The first kappa shape index (κ1) is 14.3. The van der Waals surface area contributed by atoms with E-state index in [2.05, 4.69) is 16.3 Å². The van der Waals surface area contributed by atoms with Crippen LogP contribution >= 0.6 is 0 Å². The summed E-state index contributed by atoms with van der Waals surface area (Å²) in [6.45, 7) is 5.93. The number of nitrogens with zero attached hydrogens (tertiary/aromatic N) is 4. The van der Waals surface area contributed by atoms with Gasteiger partial charge in [-0.1, -0.05) is 12.1 Å². The van der Waals surface area contributed by atoms with E-state index in [1.807, 2.05) is 49.7 Å². The van der Waals surface area contributed by atoms with Gasteiger partial charge in [-0.2, -0.15) is 10.2 Å². The molecule has 0 saturated carbocycles. The van der Waals surface area contributed by atoms with Gasteiger partial charge in [-0.05, 0) is 50.6 Å². The molecule has 0 atom stereocenters. The molecule has 5 heteroatoms. The lowest BCUT2D eigenvalue weighted by molar-refractivity contribution is 0.504. The van der Waals surface area contributed by atoms with E-state index in [9.17, 15) is 4.79 Å². The van der Waals surface area contributed by atoms with Crippen molar-refractivity contribution in [1.82, 2.24) is 19.6 Å². The summed E-state index contributed by atoms with van der Waals surface area (Å²) in [5, 5.41) is 8.86. The summed E-state index contributed by atoms with van der Waals surface area (Å²) < 4.78 is 3.33. The largest absolute Gasteiger partial charge is 0.268 e. The molecular formula is C17H18N4O. The molecule has 0 fully saturated rings. The van der Waals surface area contributed by atoms with E-state index < -0.39 is 0 Å². The molecule has 0 amide bonds. The summed E-state index contributed by atoms with van der Waals surface area (Å²) in [4.78, 5) is 11.9. The van der Waals surface area contributed by atoms with Crippen LogP contribution in [0.15, 0.2) is 53.5 Å². The van der Waals surface area contributed by atoms with Gasteiger partial charge in [-0.3, -0.25) is 4.79 Å². The third-order valence-corrected chi connectivity index (χ3v) is 3.47. The second kappa shape index (κ2) is 5.60. The van der Waals surface area contributed by atoms with Crippen molar-refractivity contribution in [2.45, 2.75) is 26.8 Å². The minimum Gasteiger partial charge on any atom is -0.268 e. The van der Waals surface area contributed by atoms with Crippen molar-refractivity contribution in [3.8, 4) is 17.1 Å². The quantitative estimate of drug-likeness (QED) is 0.746. The van der Waals surface area contributed by atoms with Crippen LogP contribution in [0.3, 0.4) is 0 Å². The summed E-state index contributed by atoms with van der Waals surface area (Å²) >= 11 is 0. The van der Waals surface area contributed by atoms with Crippen molar-refractivity contribution in [3.05, 3.63) is 64.6 Å². The molecule has 5 nitrogen and oxygen atoms in total. The number of hydrogen-bond donors (Lipinski definition) is 0. The molecule has 3 aromatic rings. The van der Waals surface area contributed by atoms with Crippen molar-refractivity contribution in [3.63, 3.8) is 0 Å². The molecule has 0 spiro atoms. The first-order valence-electron chi connectivity index (χ1n) is 7.27. The highest BCUT2D eigenvalue weighted by Crippen LogP contribution is 2.20. The Morgan fingerprint density at radius 3 is 2.64 bits per heavy atom. The molecule has 0 N–H and O–H groups in total. The van der Waals surface area contributed by atoms with Gasteiger partial charge >= 0.3 is 0 Å². The number of aromatic nitrogens is 4. The predicted octanol–water partition coefficient (Wildman–Crippen LogP) is 2.99. The van der Waals surface area contributed by atoms with Crippen LogP contribution in [0.2, 0.25) is 0 Å². The van der Waals surface area contributed by atoms with Crippen molar-refractivity contribution >= 4 is 0 Å². The van der Waals surface area contributed by atoms with Crippen LogP contribution in [0.5, 0.6) is 0 Å².